The average molecular weight is 1410 g/mol. The van der Waals surface area contributed by atoms with Crippen molar-refractivity contribution in [3.63, 3.8) is 0 Å². The van der Waals surface area contributed by atoms with Crippen LogP contribution >= 0.6 is 0 Å². The van der Waals surface area contributed by atoms with E-state index in [1.807, 2.05) is 16.7 Å². The van der Waals surface area contributed by atoms with Crippen LogP contribution in [0.25, 0.3) is 0 Å². The van der Waals surface area contributed by atoms with Crippen LogP contribution in [0.1, 0.15) is 608 Å². The Kier molecular flexibility index (Phi) is 78.5. The lowest BCUT2D eigenvalue weighted by Crippen LogP contribution is -2.29. The first kappa shape index (κ1) is 98.5. The second kappa shape index (κ2) is 80.5. The van der Waals surface area contributed by atoms with Crippen LogP contribution in [0, 0.1) is 17.3 Å². The number of unbranched alkanes of at least 4 members (excludes halogenated alkanes) is 67. The Morgan fingerprint density at radius 1 is 0.208 bits per heavy atom. The molecule has 0 N–H and O–H groups in total. The smallest absolute Gasteiger partial charge is 0.00541 e. The van der Waals surface area contributed by atoms with Crippen LogP contribution in [0.3, 0.4) is 0 Å². The van der Waals surface area contributed by atoms with Crippen LogP contribution in [-0.2, 0) is 0 Å². The standard InChI is InChI=1S/C60H118.C41H80/c1-6-11-16-21-26-31-36-41-46-51-57-56-58(52-47-42-37-32-27-22-17-12-7-2)60(54-49-44-39-34-29-24-19-14-9-4,55-50-45-40-35-30-25-20-15-10-5)59(57)53-48-43-38-33-28-23-18-13-8-3;1-4-7-10-13-16-19-22-25-28-31-34-39-37-38-40(35-32-29-26-23-20-17-14-11-8-5-2)41(39)36-33-30-27-24-21-18-15-12-9-6-3/h58H,6-56H2,1-5H3;39H,4-38H2,1-3H3. The lowest BCUT2D eigenvalue weighted by molar-refractivity contribution is 0.165. The molecule has 2 aliphatic carbocycles. The highest BCUT2D eigenvalue weighted by atomic mass is 14.5. The van der Waals surface area contributed by atoms with Crippen LogP contribution in [-0.4, -0.2) is 0 Å². The maximum absolute atomic E-state index is 2.36. The second-order valence-corrected chi connectivity index (χ2v) is 35.3. The fraction of sp³-hybridized carbons (Fsp3) is 0.960. The molecular formula is C101H198. The number of hydrogen-bond donors (Lipinski definition) is 0. The predicted octanol–water partition coefficient (Wildman–Crippen LogP) is 38.5. The van der Waals surface area contributed by atoms with Crippen LogP contribution in [0.2, 0.25) is 0 Å². The Balaban J connectivity index is 0.00000108. The summed E-state index contributed by atoms with van der Waals surface area (Å²) in [6.07, 6.45) is 126. The Hall–Kier alpha value is -0.520. The summed E-state index contributed by atoms with van der Waals surface area (Å²) in [6, 6.07) is 0. The van der Waals surface area contributed by atoms with Gasteiger partial charge in [0.05, 0.1) is 0 Å². The fourth-order valence-corrected chi connectivity index (χ4v) is 19.0. The molecule has 0 bridgehead atoms. The molecule has 2 atom stereocenters. The summed E-state index contributed by atoms with van der Waals surface area (Å²) in [5.41, 5.74) is 8.60. The minimum absolute atomic E-state index is 0.539. The van der Waals surface area contributed by atoms with Gasteiger partial charge in [-0.1, -0.05) is 534 Å². The molecule has 0 aliphatic heterocycles. The molecule has 101 heavy (non-hydrogen) atoms. The molecule has 2 aliphatic rings. The van der Waals surface area contributed by atoms with Crippen molar-refractivity contribution in [3.05, 3.63) is 22.3 Å². The van der Waals surface area contributed by atoms with E-state index >= 15 is 0 Å². The molecule has 2 unspecified atom stereocenters. The van der Waals surface area contributed by atoms with Gasteiger partial charge in [-0.3, -0.25) is 0 Å². The van der Waals surface area contributed by atoms with E-state index in [9.17, 15) is 0 Å². The third-order valence-corrected chi connectivity index (χ3v) is 25.8. The lowest BCUT2D eigenvalue weighted by atomic mass is 9.64. The van der Waals surface area contributed by atoms with Gasteiger partial charge in [-0.25, -0.2) is 0 Å². The van der Waals surface area contributed by atoms with Gasteiger partial charge in [-0.2, -0.15) is 0 Å². The van der Waals surface area contributed by atoms with E-state index in [1.54, 1.807) is 0 Å². The zero-order chi connectivity index (χ0) is 72.8. The maximum atomic E-state index is 2.36. The maximum Gasteiger partial charge on any atom is -0.00541 e. The van der Waals surface area contributed by atoms with Crippen LogP contribution in [0.4, 0.5) is 0 Å². The van der Waals surface area contributed by atoms with Gasteiger partial charge in [0.2, 0.25) is 0 Å². The van der Waals surface area contributed by atoms with Gasteiger partial charge in [-0.15, -0.1) is 0 Å². The molecule has 0 nitrogen and oxygen atoms in total. The Bertz CT molecular complexity index is 1620. The molecule has 0 aromatic rings. The summed E-state index contributed by atoms with van der Waals surface area (Å²) < 4.78 is 0. The summed E-state index contributed by atoms with van der Waals surface area (Å²) in [5.74, 6) is 1.91. The van der Waals surface area contributed by atoms with Crippen molar-refractivity contribution in [3.8, 4) is 0 Å². The van der Waals surface area contributed by atoms with E-state index in [1.165, 1.54) is 552 Å². The highest BCUT2D eigenvalue weighted by Crippen LogP contribution is 2.58. The molecule has 602 valence electrons. The zero-order valence-electron chi connectivity index (χ0n) is 72.5. The number of rotatable bonds is 83. The molecule has 0 fully saturated rings. The number of hydrogen-bond acceptors (Lipinski definition) is 0. The van der Waals surface area contributed by atoms with Gasteiger partial charge in [-0.05, 0) is 114 Å². The van der Waals surface area contributed by atoms with Crippen molar-refractivity contribution < 1.29 is 0 Å². The molecule has 0 saturated carbocycles. The first-order valence-electron chi connectivity index (χ1n) is 49.4. The molecule has 0 radical (unpaired) electrons. The molecule has 0 heteroatoms. The van der Waals surface area contributed by atoms with Crippen molar-refractivity contribution in [2.24, 2.45) is 17.3 Å². The van der Waals surface area contributed by atoms with Gasteiger partial charge >= 0.3 is 0 Å². The topological polar surface area (TPSA) is 0 Å². The van der Waals surface area contributed by atoms with E-state index in [-0.39, 0.29) is 0 Å². The number of allylic oxidation sites excluding steroid dienone is 4. The van der Waals surface area contributed by atoms with Crippen LogP contribution in [0.5, 0.6) is 0 Å². The first-order valence-corrected chi connectivity index (χ1v) is 49.4. The summed E-state index contributed by atoms with van der Waals surface area (Å²) in [7, 11) is 0. The van der Waals surface area contributed by atoms with E-state index in [4.69, 9.17) is 0 Å². The monoisotopic (exact) mass is 1410 g/mol. The molecule has 0 saturated heterocycles. The fourth-order valence-electron chi connectivity index (χ4n) is 19.0. The first-order chi connectivity index (χ1) is 50.0. The van der Waals surface area contributed by atoms with Gasteiger partial charge in [0.1, 0.15) is 0 Å². The highest BCUT2D eigenvalue weighted by Gasteiger charge is 2.46. The van der Waals surface area contributed by atoms with Crippen molar-refractivity contribution in [2.75, 3.05) is 0 Å². The third-order valence-electron chi connectivity index (χ3n) is 25.8. The summed E-state index contributed by atoms with van der Waals surface area (Å²) in [6.45, 7) is 18.7. The van der Waals surface area contributed by atoms with Crippen molar-refractivity contribution in [2.45, 2.75) is 608 Å². The van der Waals surface area contributed by atoms with Gasteiger partial charge in [0, 0.05) is 0 Å². The normalized spacial score (nSPS) is 15.3. The van der Waals surface area contributed by atoms with Crippen LogP contribution < -0.4 is 0 Å². The van der Waals surface area contributed by atoms with Crippen molar-refractivity contribution in [1.29, 1.82) is 0 Å². The Labute approximate surface area is 643 Å². The molecule has 0 heterocycles. The molecular weight excluding hydrogens is 1210 g/mol. The molecule has 0 amide bonds. The molecule has 0 aromatic carbocycles. The van der Waals surface area contributed by atoms with E-state index in [2.05, 4.69) is 61.0 Å². The third kappa shape index (κ3) is 60.0. The minimum atomic E-state index is 0.539. The van der Waals surface area contributed by atoms with Gasteiger partial charge in [0.15, 0.2) is 0 Å². The summed E-state index contributed by atoms with van der Waals surface area (Å²) in [4.78, 5) is 0. The molecule has 0 aromatic heterocycles. The lowest BCUT2D eigenvalue weighted by Gasteiger charge is -2.40. The second-order valence-electron chi connectivity index (χ2n) is 35.3. The SMILES string of the molecule is CCCCCCCCCCCC1=C(CCCCCCCCCCC)C(CCCCCCCCCCC)(CCCCCCCCCCC)C(CCCCCCCCCCC)C1.CCCCCCCCCCCCC1=C(CCCCCCCCCCCC)C(CCCCCCCCCCCC)CC1. The Morgan fingerprint density at radius 2 is 0.426 bits per heavy atom. The largest absolute Gasteiger partial charge is 0.0707 e. The van der Waals surface area contributed by atoms with E-state index in [0.29, 0.717) is 5.41 Å². The van der Waals surface area contributed by atoms with Crippen LogP contribution in [0.15, 0.2) is 22.3 Å². The van der Waals surface area contributed by atoms with Gasteiger partial charge < -0.3 is 0 Å². The minimum Gasteiger partial charge on any atom is -0.0707 e. The Morgan fingerprint density at radius 3 is 0.713 bits per heavy atom. The molecule has 0 spiro atoms. The van der Waals surface area contributed by atoms with Crippen molar-refractivity contribution >= 4 is 0 Å². The highest BCUT2D eigenvalue weighted by molar-refractivity contribution is 5.31. The summed E-state index contributed by atoms with van der Waals surface area (Å²) >= 11 is 0. The van der Waals surface area contributed by atoms with E-state index in [0.717, 1.165) is 11.8 Å². The molecule has 2 rings (SSSR count). The quantitative estimate of drug-likeness (QED) is 0.0421. The van der Waals surface area contributed by atoms with E-state index < -0.39 is 0 Å². The average Bonchev–Trinajstić information content (AvgIpc) is 1.58. The van der Waals surface area contributed by atoms with Gasteiger partial charge in [0.25, 0.3) is 0 Å². The van der Waals surface area contributed by atoms with Crippen molar-refractivity contribution in [1.82, 2.24) is 0 Å². The predicted molar refractivity (Wildman–Crippen MR) is 466 cm³/mol. The summed E-state index contributed by atoms with van der Waals surface area (Å²) in [5, 5.41) is 0. The zero-order valence-corrected chi connectivity index (χ0v) is 72.5.